The number of methoxy groups -OCH3 is 1. The maximum Gasteiger partial charge on any atom is 0.249 e. The first-order valence-corrected chi connectivity index (χ1v) is 8.24. The molecule has 6 nitrogen and oxygen atoms in total. The normalized spacial score (nSPS) is 11.7. The van der Waals surface area contributed by atoms with Crippen molar-refractivity contribution in [1.29, 1.82) is 0 Å². The number of halogens is 4. The van der Waals surface area contributed by atoms with Gasteiger partial charge in [0.2, 0.25) is 27.6 Å². The quantitative estimate of drug-likeness (QED) is 0.580. The Bertz CT molecular complexity index is 711. The fourth-order valence-electron chi connectivity index (χ4n) is 1.91. The number of hydrogen-bond acceptors (Lipinski definition) is 4. The van der Waals surface area contributed by atoms with Gasteiger partial charge in [0.15, 0.2) is 22.3 Å². The zero-order chi connectivity index (χ0) is 18.7. The lowest BCUT2D eigenvalue weighted by Crippen LogP contribution is -2.41. The Morgan fingerprint density at radius 3 is 1.96 bits per heavy atom. The van der Waals surface area contributed by atoms with Crippen LogP contribution >= 0.6 is 0 Å². The number of benzene rings is 1. The fourth-order valence-corrected chi connectivity index (χ4v) is 3.42. The summed E-state index contributed by atoms with van der Waals surface area (Å²) in [5, 5.41) is 2.30. The molecule has 0 aliphatic heterocycles. The molecule has 136 valence electrons. The van der Waals surface area contributed by atoms with Crippen LogP contribution in [-0.4, -0.2) is 45.4 Å². The van der Waals surface area contributed by atoms with E-state index in [-0.39, 0.29) is 13.1 Å². The first kappa shape index (κ1) is 20.2. The van der Waals surface area contributed by atoms with Crippen molar-refractivity contribution < 1.29 is 35.5 Å². The van der Waals surface area contributed by atoms with Crippen LogP contribution in [0.15, 0.2) is 4.90 Å². The number of nitrogens with zero attached hydrogens (tertiary/aromatic N) is 1. The van der Waals surface area contributed by atoms with E-state index in [1.807, 2.05) is 0 Å². The van der Waals surface area contributed by atoms with Gasteiger partial charge in [-0.15, -0.1) is 0 Å². The van der Waals surface area contributed by atoms with Crippen LogP contribution in [0.3, 0.4) is 0 Å². The van der Waals surface area contributed by atoms with Gasteiger partial charge in [-0.25, -0.2) is 17.2 Å². The third-order valence-corrected chi connectivity index (χ3v) is 4.97. The van der Waals surface area contributed by atoms with E-state index in [0.29, 0.717) is 4.31 Å². The molecule has 0 saturated carbocycles. The number of nitrogens with one attached hydrogen (secondary N) is 1. The van der Waals surface area contributed by atoms with E-state index in [1.165, 1.54) is 6.92 Å². The minimum absolute atomic E-state index is 0.199. The van der Waals surface area contributed by atoms with Gasteiger partial charge < -0.3 is 10.1 Å². The monoisotopic (exact) mass is 372 g/mol. The Kier molecular flexibility index (Phi) is 6.55. The van der Waals surface area contributed by atoms with Crippen LogP contribution in [0, 0.1) is 23.3 Å². The molecule has 1 aromatic rings. The number of carbonyl (C=O) groups excluding carboxylic acids is 1. The van der Waals surface area contributed by atoms with Crippen molar-refractivity contribution in [1.82, 2.24) is 9.62 Å². The second-order valence-electron chi connectivity index (χ2n) is 4.50. The number of carbonyl (C=O) groups is 1. The van der Waals surface area contributed by atoms with Gasteiger partial charge >= 0.3 is 0 Å². The predicted molar refractivity (Wildman–Crippen MR) is 75.9 cm³/mol. The largest absolute Gasteiger partial charge is 0.491 e. The molecule has 0 unspecified atom stereocenters. The molecule has 0 fully saturated rings. The summed E-state index contributed by atoms with van der Waals surface area (Å²) in [4.78, 5) is 9.71. The molecule has 1 N–H and O–H groups in total. The second kappa shape index (κ2) is 7.79. The molecule has 0 aliphatic rings. The number of amides is 1. The standard InChI is InChI=1S/C13H16F4N2O4S/c1-4-18-7(20)6-19(5-2)24(21,22)13-10(16)8(14)12(23-3)9(15)11(13)17/h4-6H2,1-3H3,(H,18,20). The molecule has 11 heteroatoms. The molecule has 0 saturated heterocycles. The van der Waals surface area contributed by atoms with Crippen molar-refractivity contribution in [3.63, 3.8) is 0 Å². The Morgan fingerprint density at radius 2 is 1.58 bits per heavy atom. The molecule has 0 aromatic heterocycles. The summed E-state index contributed by atoms with van der Waals surface area (Å²) in [5.74, 6) is -10.3. The third-order valence-electron chi connectivity index (χ3n) is 3.03. The number of rotatable bonds is 7. The van der Waals surface area contributed by atoms with Crippen LogP contribution in [-0.2, 0) is 14.8 Å². The highest BCUT2D eigenvalue weighted by molar-refractivity contribution is 7.89. The van der Waals surface area contributed by atoms with Gasteiger partial charge in [-0.3, -0.25) is 4.79 Å². The SMILES string of the molecule is CCNC(=O)CN(CC)S(=O)(=O)c1c(F)c(F)c(OC)c(F)c1F. The average Bonchev–Trinajstić information content (AvgIpc) is 2.51. The molecule has 1 aromatic carbocycles. The van der Waals surface area contributed by atoms with Crippen LogP contribution < -0.4 is 10.1 Å². The lowest BCUT2D eigenvalue weighted by atomic mass is 10.3. The van der Waals surface area contributed by atoms with Crippen molar-refractivity contribution in [2.24, 2.45) is 0 Å². The maximum absolute atomic E-state index is 14.0. The summed E-state index contributed by atoms with van der Waals surface area (Å²) in [6, 6.07) is 0. The van der Waals surface area contributed by atoms with Crippen molar-refractivity contribution in [2.45, 2.75) is 18.7 Å². The fraction of sp³-hybridized carbons (Fsp3) is 0.462. The highest BCUT2D eigenvalue weighted by Crippen LogP contribution is 2.33. The van der Waals surface area contributed by atoms with Gasteiger partial charge in [0.25, 0.3) is 0 Å². The molecular weight excluding hydrogens is 356 g/mol. The Labute approximate surface area is 136 Å². The van der Waals surface area contributed by atoms with Gasteiger partial charge in [0.1, 0.15) is 0 Å². The number of hydrogen-bond donors (Lipinski definition) is 1. The number of ether oxygens (including phenoxy) is 1. The van der Waals surface area contributed by atoms with Gasteiger partial charge in [-0.2, -0.15) is 13.1 Å². The summed E-state index contributed by atoms with van der Waals surface area (Å²) < 4.78 is 84.7. The summed E-state index contributed by atoms with van der Waals surface area (Å²) in [6.45, 7) is 1.96. The van der Waals surface area contributed by atoms with E-state index in [0.717, 1.165) is 7.11 Å². The van der Waals surface area contributed by atoms with Crippen LogP contribution in [0.5, 0.6) is 5.75 Å². The highest BCUT2D eigenvalue weighted by Gasteiger charge is 2.37. The van der Waals surface area contributed by atoms with Gasteiger partial charge in [-0.05, 0) is 6.92 Å². The molecule has 0 radical (unpaired) electrons. The van der Waals surface area contributed by atoms with Crippen LogP contribution in [0.1, 0.15) is 13.8 Å². The summed E-state index contributed by atoms with van der Waals surface area (Å²) >= 11 is 0. The zero-order valence-electron chi connectivity index (χ0n) is 13.1. The zero-order valence-corrected chi connectivity index (χ0v) is 13.9. The Morgan fingerprint density at radius 1 is 1.08 bits per heavy atom. The summed E-state index contributed by atoms with van der Waals surface area (Å²) in [5.41, 5.74) is 0. The van der Waals surface area contributed by atoms with Gasteiger partial charge in [0, 0.05) is 13.1 Å². The smallest absolute Gasteiger partial charge is 0.249 e. The second-order valence-corrected chi connectivity index (χ2v) is 6.38. The molecule has 0 bridgehead atoms. The van der Waals surface area contributed by atoms with E-state index < -0.39 is 56.4 Å². The van der Waals surface area contributed by atoms with E-state index in [9.17, 15) is 30.8 Å². The maximum atomic E-state index is 14.0. The van der Waals surface area contributed by atoms with E-state index in [4.69, 9.17) is 0 Å². The molecule has 0 spiro atoms. The summed E-state index contributed by atoms with van der Waals surface area (Å²) in [7, 11) is -4.24. The molecule has 1 amide bonds. The molecule has 0 heterocycles. The van der Waals surface area contributed by atoms with E-state index in [1.54, 1.807) is 6.92 Å². The van der Waals surface area contributed by atoms with Gasteiger partial charge in [0.05, 0.1) is 13.7 Å². The molecule has 0 atom stereocenters. The molecular formula is C13H16F4N2O4S. The van der Waals surface area contributed by atoms with Crippen molar-refractivity contribution >= 4 is 15.9 Å². The topological polar surface area (TPSA) is 75.7 Å². The minimum atomic E-state index is -5.01. The Hall–Kier alpha value is -1.88. The van der Waals surface area contributed by atoms with Crippen LogP contribution in [0.4, 0.5) is 17.6 Å². The lowest BCUT2D eigenvalue weighted by molar-refractivity contribution is -0.121. The van der Waals surface area contributed by atoms with Crippen molar-refractivity contribution in [3.8, 4) is 5.75 Å². The first-order valence-electron chi connectivity index (χ1n) is 6.80. The number of sulfonamides is 1. The minimum Gasteiger partial charge on any atom is -0.491 e. The van der Waals surface area contributed by atoms with Crippen molar-refractivity contribution in [2.75, 3.05) is 26.7 Å². The number of likely N-dealkylation sites (N-methyl/N-ethyl adjacent to an activating group) is 2. The average molecular weight is 372 g/mol. The highest BCUT2D eigenvalue weighted by atomic mass is 32.2. The Balaban J connectivity index is 3.50. The third kappa shape index (κ3) is 3.61. The van der Waals surface area contributed by atoms with Crippen LogP contribution in [0.2, 0.25) is 0 Å². The predicted octanol–water partition coefficient (Wildman–Crippen LogP) is 1.40. The van der Waals surface area contributed by atoms with Crippen molar-refractivity contribution in [3.05, 3.63) is 23.3 Å². The van der Waals surface area contributed by atoms with E-state index >= 15 is 0 Å². The molecule has 24 heavy (non-hydrogen) atoms. The molecule has 1 rings (SSSR count). The lowest BCUT2D eigenvalue weighted by Gasteiger charge is -2.21. The van der Waals surface area contributed by atoms with Gasteiger partial charge in [-0.1, -0.05) is 6.92 Å². The first-order chi connectivity index (χ1) is 11.1. The molecule has 0 aliphatic carbocycles. The summed E-state index contributed by atoms with van der Waals surface area (Å²) in [6.07, 6.45) is 0. The van der Waals surface area contributed by atoms with Crippen LogP contribution in [0.25, 0.3) is 0 Å². The van der Waals surface area contributed by atoms with E-state index in [2.05, 4.69) is 10.1 Å².